The Morgan fingerprint density at radius 2 is 2.29 bits per heavy atom. The lowest BCUT2D eigenvalue weighted by molar-refractivity contribution is 0.0915. The molecule has 0 bridgehead atoms. The topological polar surface area (TPSA) is 46.3 Å². The zero-order chi connectivity index (χ0) is 12.1. The maximum absolute atomic E-state index is 11.8. The van der Waals surface area contributed by atoms with Crippen molar-refractivity contribution < 1.29 is 9.21 Å². The van der Waals surface area contributed by atoms with E-state index < -0.39 is 0 Å². The Hall–Kier alpha value is -1.94. The number of furan rings is 1. The predicted octanol–water partition coefficient (Wildman–Crippen LogP) is 1.99. The van der Waals surface area contributed by atoms with E-state index in [1.54, 1.807) is 24.5 Å². The van der Waals surface area contributed by atoms with Crippen LogP contribution in [0.3, 0.4) is 0 Å². The standard InChI is InChI=1S/C13H14N2O2/c1-15(9-11-4-2-6-14-8-11)10-12(16)13-5-3-7-17-13/h2-8H,9-10H2,1H3. The number of rotatable bonds is 5. The number of carbonyl (C=O) groups excluding carboxylic acids is 1. The summed E-state index contributed by atoms with van der Waals surface area (Å²) in [6.45, 7) is 1.03. The molecule has 4 nitrogen and oxygen atoms in total. The third kappa shape index (κ3) is 3.26. The minimum absolute atomic E-state index is 0.0126. The smallest absolute Gasteiger partial charge is 0.211 e. The van der Waals surface area contributed by atoms with Gasteiger partial charge in [0.05, 0.1) is 12.8 Å². The first kappa shape index (κ1) is 11.5. The van der Waals surface area contributed by atoms with Gasteiger partial charge in [0, 0.05) is 18.9 Å². The zero-order valence-electron chi connectivity index (χ0n) is 9.67. The average molecular weight is 230 g/mol. The first-order valence-corrected chi connectivity index (χ1v) is 5.40. The van der Waals surface area contributed by atoms with E-state index in [4.69, 9.17) is 4.42 Å². The first-order valence-electron chi connectivity index (χ1n) is 5.40. The van der Waals surface area contributed by atoms with Crippen molar-refractivity contribution in [2.75, 3.05) is 13.6 Å². The molecule has 0 radical (unpaired) electrons. The Morgan fingerprint density at radius 1 is 1.41 bits per heavy atom. The number of carbonyl (C=O) groups is 1. The molecule has 4 heteroatoms. The normalized spacial score (nSPS) is 10.7. The molecule has 2 rings (SSSR count). The van der Waals surface area contributed by atoms with E-state index in [9.17, 15) is 4.79 Å². The van der Waals surface area contributed by atoms with Crippen LogP contribution in [0.1, 0.15) is 16.1 Å². The number of hydrogen-bond acceptors (Lipinski definition) is 4. The van der Waals surface area contributed by atoms with Gasteiger partial charge in [0.15, 0.2) is 5.76 Å². The van der Waals surface area contributed by atoms with Crippen LogP contribution in [0.15, 0.2) is 47.3 Å². The fraction of sp³-hybridized carbons (Fsp3) is 0.231. The van der Waals surface area contributed by atoms with Gasteiger partial charge in [-0.3, -0.25) is 14.7 Å². The highest BCUT2D eigenvalue weighted by Gasteiger charge is 2.11. The number of Topliss-reactive ketones (excluding diaryl/α,β-unsaturated/α-hetero) is 1. The quantitative estimate of drug-likeness (QED) is 0.737. The average Bonchev–Trinajstić information content (AvgIpc) is 2.83. The number of nitrogens with zero attached hydrogens (tertiary/aromatic N) is 2. The van der Waals surface area contributed by atoms with Gasteiger partial charge in [-0.1, -0.05) is 6.07 Å². The first-order chi connectivity index (χ1) is 8.25. The minimum atomic E-state index is -0.0126. The van der Waals surface area contributed by atoms with Crippen LogP contribution in [0.4, 0.5) is 0 Å². The van der Waals surface area contributed by atoms with E-state index in [0.717, 1.165) is 5.56 Å². The lowest BCUT2D eigenvalue weighted by Crippen LogP contribution is -2.25. The number of aromatic nitrogens is 1. The van der Waals surface area contributed by atoms with Crippen LogP contribution >= 0.6 is 0 Å². The minimum Gasteiger partial charge on any atom is -0.461 e. The van der Waals surface area contributed by atoms with Crippen molar-refractivity contribution in [2.45, 2.75) is 6.54 Å². The number of likely N-dealkylation sites (N-methyl/N-ethyl adjacent to an activating group) is 1. The van der Waals surface area contributed by atoms with E-state index in [1.165, 1.54) is 6.26 Å². The molecule has 0 fully saturated rings. The van der Waals surface area contributed by atoms with Gasteiger partial charge in [0.25, 0.3) is 0 Å². The maximum Gasteiger partial charge on any atom is 0.211 e. The van der Waals surface area contributed by atoms with Crippen molar-refractivity contribution in [1.29, 1.82) is 0 Å². The molecule has 0 saturated heterocycles. The van der Waals surface area contributed by atoms with Gasteiger partial charge in [-0.15, -0.1) is 0 Å². The second-order valence-electron chi connectivity index (χ2n) is 3.93. The lowest BCUT2D eigenvalue weighted by Gasteiger charge is -2.14. The second-order valence-corrected chi connectivity index (χ2v) is 3.93. The van der Waals surface area contributed by atoms with Crippen molar-refractivity contribution in [3.63, 3.8) is 0 Å². The molecular formula is C13H14N2O2. The molecular weight excluding hydrogens is 216 g/mol. The molecule has 2 aromatic rings. The van der Waals surface area contributed by atoms with Crippen molar-refractivity contribution in [1.82, 2.24) is 9.88 Å². The number of hydrogen-bond donors (Lipinski definition) is 0. The summed E-state index contributed by atoms with van der Waals surface area (Å²) in [5, 5.41) is 0. The molecule has 88 valence electrons. The van der Waals surface area contributed by atoms with Gasteiger partial charge >= 0.3 is 0 Å². The summed E-state index contributed by atoms with van der Waals surface area (Å²) in [4.78, 5) is 17.7. The van der Waals surface area contributed by atoms with Gasteiger partial charge in [0.1, 0.15) is 0 Å². The SMILES string of the molecule is CN(CC(=O)c1ccco1)Cc1cccnc1. The third-order valence-corrected chi connectivity index (χ3v) is 2.38. The Kier molecular flexibility index (Phi) is 3.67. The van der Waals surface area contributed by atoms with Gasteiger partial charge in [0.2, 0.25) is 5.78 Å². The second kappa shape index (κ2) is 5.41. The molecule has 0 atom stereocenters. The largest absolute Gasteiger partial charge is 0.461 e. The summed E-state index contributed by atoms with van der Waals surface area (Å²) in [5.74, 6) is 0.393. The van der Waals surface area contributed by atoms with Crippen LogP contribution in [-0.4, -0.2) is 29.3 Å². The van der Waals surface area contributed by atoms with E-state index in [1.807, 2.05) is 24.1 Å². The van der Waals surface area contributed by atoms with E-state index in [-0.39, 0.29) is 5.78 Å². The summed E-state index contributed by atoms with van der Waals surface area (Å²) in [6, 6.07) is 7.27. The molecule has 2 heterocycles. The molecule has 0 amide bonds. The molecule has 0 N–H and O–H groups in total. The summed E-state index contributed by atoms with van der Waals surface area (Å²) in [5.41, 5.74) is 1.09. The van der Waals surface area contributed by atoms with Gasteiger partial charge < -0.3 is 4.42 Å². The number of ketones is 1. The summed E-state index contributed by atoms with van der Waals surface area (Å²) in [7, 11) is 1.90. The zero-order valence-corrected chi connectivity index (χ0v) is 9.67. The molecule has 0 aromatic carbocycles. The molecule has 0 aliphatic carbocycles. The van der Waals surface area contributed by atoms with Crippen LogP contribution < -0.4 is 0 Å². The lowest BCUT2D eigenvalue weighted by atomic mass is 10.2. The predicted molar refractivity (Wildman–Crippen MR) is 63.6 cm³/mol. The molecule has 2 aromatic heterocycles. The molecule has 17 heavy (non-hydrogen) atoms. The van der Waals surface area contributed by atoms with Gasteiger partial charge in [-0.05, 0) is 30.8 Å². The van der Waals surface area contributed by atoms with E-state index in [2.05, 4.69) is 4.98 Å². The molecule has 0 aliphatic rings. The highest BCUT2D eigenvalue weighted by Crippen LogP contribution is 2.05. The molecule has 0 saturated carbocycles. The Bertz CT molecular complexity index is 465. The summed E-state index contributed by atoms with van der Waals surface area (Å²) >= 11 is 0. The Balaban J connectivity index is 1.90. The number of pyridine rings is 1. The van der Waals surface area contributed by atoms with E-state index >= 15 is 0 Å². The van der Waals surface area contributed by atoms with Crippen molar-refractivity contribution in [2.24, 2.45) is 0 Å². The molecule has 0 spiro atoms. The van der Waals surface area contributed by atoms with Crippen LogP contribution in [0.5, 0.6) is 0 Å². The molecule has 0 unspecified atom stereocenters. The van der Waals surface area contributed by atoms with Gasteiger partial charge in [-0.25, -0.2) is 0 Å². The summed E-state index contributed by atoms with van der Waals surface area (Å²) < 4.78 is 5.06. The van der Waals surface area contributed by atoms with Crippen molar-refractivity contribution >= 4 is 5.78 Å². The van der Waals surface area contributed by atoms with Crippen LogP contribution in [-0.2, 0) is 6.54 Å². The van der Waals surface area contributed by atoms with Crippen LogP contribution in [0.25, 0.3) is 0 Å². The maximum atomic E-state index is 11.8. The highest BCUT2D eigenvalue weighted by atomic mass is 16.3. The van der Waals surface area contributed by atoms with Crippen LogP contribution in [0.2, 0.25) is 0 Å². The van der Waals surface area contributed by atoms with Crippen molar-refractivity contribution in [3.8, 4) is 0 Å². The van der Waals surface area contributed by atoms with Crippen molar-refractivity contribution in [3.05, 3.63) is 54.2 Å². The highest BCUT2D eigenvalue weighted by molar-refractivity contribution is 5.94. The Morgan fingerprint density at radius 3 is 2.94 bits per heavy atom. The molecule has 0 aliphatic heterocycles. The Labute approximate surface area is 99.9 Å². The monoisotopic (exact) mass is 230 g/mol. The summed E-state index contributed by atoms with van der Waals surface area (Å²) in [6.07, 6.45) is 5.04. The van der Waals surface area contributed by atoms with E-state index in [0.29, 0.717) is 18.8 Å². The van der Waals surface area contributed by atoms with Crippen LogP contribution in [0, 0.1) is 0 Å². The van der Waals surface area contributed by atoms with Gasteiger partial charge in [-0.2, -0.15) is 0 Å². The fourth-order valence-electron chi connectivity index (χ4n) is 1.62. The fourth-order valence-corrected chi connectivity index (χ4v) is 1.62. The third-order valence-electron chi connectivity index (χ3n) is 2.38.